The number of hydrogen-bond donors (Lipinski definition) is 0. The number of hydrogen-bond acceptors (Lipinski definition) is 1. The molecule has 0 radical (unpaired) electrons. The van der Waals surface area contributed by atoms with E-state index < -0.39 is 18.1 Å². The molecule has 0 aromatic rings. The lowest BCUT2D eigenvalue weighted by molar-refractivity contribution is -0.182. The first-order valence-electron chi connectivity index (χ1n) is 3.50. The molecule has 0 heterocycles. The fourth-order valence-corrected chi connectivity index (χ4v) is 0.721. The monoisotopic (exact) mass is 169 g/mol. The highest BCUT2D eigenvalue weighted by molar-refractivity contribution is 4.73. The first-order valence-corrected chi connectivity index (χ1v) is 3.50. The van der Waals surface area contributed by atoms with Crippen LogP contribution in [-0.2, 0) is 0 Å². The molecule has 1 nitrogen and oxygen atoms in total. The lowest BCUT2D eigenvalue weighted by atomic mass is 10.0. The number of rotatable bonds is 2. The van der Waals surface area contributed by atoms with Crippen LogP contribution in [0.25, 0.3) is 0 Å². The summed E-state index contributed by atoms with van der Waals surface area (Å²) in [6, 6.07) is -0.463. The molecule has 68 valence electrons. The Balaban J connectivity index is 4.13. The van der Waals surface area contributed by atoms with E-state index in [1.54, 1.807) is 25.9 Å². The van der Waals surface area contributed by atoms with Crippen LogP contribution in [0, 0.1) is 5.92 Å². The molecule has 11 heavy (non-hydrogen) atoms. The Kier molecular flexibility index (Phi) is 3.35. The first-order chi connectivity index (χ1) is 4.76. The van der Waals surface area contributed by atoms with Crippen LogP contribution in [0.1, 0.15) is 13.8 Å². The van der Waals surface area contributed by atoms with Crippen LogP contribution in [0.5, 0.6) is 0 Å². The predicted octanol–water partition coefficient (Wildman–Crippen LogP) is 2.13. The molecule has 0 aromatic heterocycles. The maximum absolute atomic E-state index is 12.0. The zero-order chi connectivity index (χ0) is 9.23. The summed E-state index contributed by atoms with van der Waals surface area (Å²) in [4.78, 5) is 1.57. The van der Waals surface area contributed by atoms with E-state index in [-0.39, 0.29) is 0 Å². The summed E-state index contributed by atoms with van der Waals surface area (Å²) in [6.45, 7) is 2.77. The van der Waals surface area contributed by atoms with Crippen molar-refractivity contribution in [2.24, 2.45) is 5.92 Å². The molecule has 0 saturated heterocycles. The molecule has 0 N–H and O–H groups in total. The standard InChI is InChI=1S/C7H14F3N/c1-5(7(8,9)10)6(2)11(3)4/h5-6H,1-4H3. The third-order valence-corrected chi connectivity index (χ3v) is 2.05. The maximum atomic E-state index is 12.0. The Labute approximate surface area is 65.2 Å². The fraction of sp³-hybridized carbons (Fsp3) is 1.00. The van der Waals surface area contributed by atoms with Crippen LogP contribution in [0.4, 0.5) is 13.2 Å². The Hall–Kier alpha value is -0.250. The van der Waals surface area contributed by atoms with Crippen molar-refractivity contribution in [2.75, 3.05) is 14.1 Å². The van der Waals surface area contributed by atoms with Crippen molar-refractivity contribution in [3.05, 3.63) is 0 Å². The second-order valence-electron chi connectivity index (χ2n) is 3.03. The van der Waals surface area contributed by atoms with E-state index in [4.69, 9.17) is 0 Å². The van der Waals surface area contributed by atoms with Gasteiger partial charge in [-0.3, -0.25) is 0 Å². The summed E-state index contributed by atoms with van der Waals surface area (Å²) in [5.41, 5.74) is 0. The van der Waals surface area contributed by atoms with Crippen LogP contribution in [0.2, 0.25) is 0 Å². The molecular weight excluding hydrogens is 155 g/mol. The minimum Gasteiger partial charge on any atom is -0.306 e. The van der Waals surface area contributed by atoms with Crippen LogP contribution in [0.3, 0.4) is 0 Å². The van der Waals surface area contributed by atoms with E-state index in [2.05, 4.69) is 0 Å². The summed E-state index contributed by atoms with van der Waals surface area (Å²) in [5.74, 6) is -1.27. The predicted molar refractivity (Wildman–Crippen MR) is 38.4 cm³/mol. The van der Waals surface area contributed by atoms with Gasteiger partial charge in [0.2, 0.25) is 0 Å². The van der Waals surface area contributed by atoms with Crippen LogP contribution in [-0.4, -0.2) is 31.2 Å². The topological polar surface area (TPSA) is 3.24 Å². The van der Waals surface area contributed by atoms with Gasteiger partial charge in [-0.2, -0.15) is 13.2 Å². The molecule has 0 rings (SSSR count). The summed E-state index contributed by atoms with van der Waals surface area (Å²) in [7, 11) is 3.29. The fourth-order valence-electron chi connectivity index (χ4n) is 0.721. The quantitative estimate of drug-likeness (QED) is 0.612. The smallest absolute Gasteiger partial charge is 0.306 e. The zero-order valence-corrected chi connectivity index (χ0v) is 7.24. The van der Waals surface area contributed by atoms with Crippen molar-refractivity contribution in [1.82, 2.24) is 4.90 Å². The average Bonchev–Trinajstić information content (AvgIpc) is 1.82. The summed E-state index contributed by atoms with van der Waals surface area (Å²) < 4.78 is 36.1. The molecular formula is C7H14F3N. The van der Waals surface area contributed by atoms with Gasteiger partial charge < -0.3 is 4.90 Å². The van der Waals surface area contributed by atoms with Gasteiger partial charge in [-0.05, 0) is 21.0 Å². The molecule has 0 aromatic carbocycles. The van der Waals surface area contributed by atoms with Crippen molar-refractivity contribution in [3.63, 3.8) is 0 Å². The molecule has 2 unspecified atom stereocenters. The van der Waals surface area contributed by atoms with Gasteiger partial charge in [-0.15, -0.1) is 0 Å². The largest absolute Gasteiger partial charge is 0.393 e. The van der Waals surface area contributed by atoms with Crippen molar-refractivity contribution < 1.29 is 13.2 Å². The highest BCUT2D eigenvalue weighted by Crippen LogP contribution is 2.29. The van der Waals surface area contributed by atoms with Gasteiger partial charge in [0, 0.05) is 6.04 Å². The summed E-state index contributed by atoms with van der Waals surface area (Å²) in [6.07, 6.45) is -4.08. The van der Waals surface area contributed by atoms with Crippen molar-refractivity contribution in [1.29, 1.82) is 0 Å². The zero-order valence-electron chi connectivity index (χ0n) is 7.24. The van der Waals surface area contributed by atoms with E-state index >= 15 is 0 Å². The average molecular weight is 169 g/mol. The van der Waals surface area contributed by atoms with E-state index in [1.165, 1.54) is 6.92 Å². The summed E-state index contributed by atoms with van der Waals surface area (Å²) in [5, 5.41) is 0. The minimum atomic E-state index is -4.08. The normalized spacial score (nSPS) is 18.5. The second-order valence-corrected chi connectivity index (χ2v) is 3.03. The molecule has 0 aliphatic heterocycles. The van der Waals surface area contributed by atoms with Crippen molar-refractivity contribution in [3.8, 4) is 0 Å². The Morgan fingerprint density at radius 3 is 1.55 bits per heavy atom. The Morgan fingerprint density at radius 2 is 1.45 bits per heavy atom. The van der Waals surface area contributed by atoms with Gasteiger partial charge in [-0.1, -0.05) is 6.92 Å². The molecule has 0 spiro atoms. The van der Waals surface area contributed by atoms with Gasteiger partial charge in [0.05, 0.1) is 5.92 Å². The molecule has 0 amide bonds. The SMILES string of the molecule is CC(C(C)C(F)(F)F)N(C)C. The number of nitrogens with zero attached hydrogens (tertiary/aromatic N) is 1. The molecule has 0 fully saturated rings. The van der Waals surface area contributed by atoms with Crippen molar-refractivity contribution in [2.45, 2.75) is 26.1 Å². The van der Waals surface area contributed by atoms with Gasteiger partial charge in [0.25, 0.3) is 0 Å². The van der Waals surface area contributed by atoms with Gasteiger partial charge in [0.1, 0.15) is 0 Å². The molecule has 4 heteroatoms. The van der Waals surface area contributed by atoms with Gasteiger partial charge in [0.15, 0.2) is 0 Å². The maximum Gasteiger partial charge on any atom is 0.393 e. The number of halogens is 3. The molecule has 0 aliphatic rings. The third kappa shape index (κ3) is 3.10. The number of alkyl halides is 3. The molecule has 2 atom stereocenters. The third-order valence-electron chi connectivity index (χ3n) is 2.05. The highest BCUT2D eigenvalue weighted by Gasteiger charge is 2.39. The Morgan fingerprint density at radius 1 is 1.09 bits per heavy atom. The molecule has 0 aliphatic carbocycles. The first kappa shape index (κ1) is 10.8. The lowest BCUT2D eigenvalue weighted by Gasteiger charge is -2.27. The van der Waals surface area contributed by atoms with Crippen LogP contribution < -0.4 is 0 Å². The van der Waals surface area contributed by atoms with Crippen molar-refractivity contribution >= 4 is 0 Å². The lowest BCUT2D eigenvalue weighted by Crippen LogP contribution is -2.38. The Bertz CT molecular complexity index is 119. The minimum absolute atomic E-state index is 0.463. The van der Waals surface area contributed by atoms with Crippen LogP contribution in [0.15, 0.2) is 0 Å². The summed E-state index contributed by atoms with van der Waals surface area (Å²) >= 11 is 0. The van der Waals surface area contributed by atoms with Gasteiger partial charge in [-0.25, -0.2) is 0 Å². The second kappa shape index (κ2) is 3.43. The van der Waals surface area contributed by atoms with E-state index in [0.29, 0.717) is 0 Å². The van der Waals surface area contributed by atoms with Gasteiger partial charge >= 0.3 is 6.18 Å². The molecule has 0 saturated carbocycles. The highest BCUT2D eigenvalue weighted by atomic mass is 19.4. The van der Waals surface area contributed by atoms with Crippen LogP contribution >= 0.6 is 0 Å². The van der Waals surface area contributed by atoms with E-state index in [0.717, 1.165) is 0 Å². The molecule has 0 bridgehead atoms. The van der Waals surface area contributed by atoms with E-state index in [1.807, 2.05) is 0 Å². The van der Waals surface area contributed by atoms with E-state index in [9.17, 15) is 13.2 Å².